The summed E-state index contributed by atoms with van der Waals surface area (Å²) in [7, 11) is 0. The van der Waals surface area contributed by atoms with Gasteiger partial charge < -0.3 is 11.5 Å². The molecular formula is C7H10N4S. The first kappa shape index (κ1) is 9.02. The largest absolute Gasteiger partial charge is 0.392 e. The molecule has 0 bridgehead atoms. The molecule has 1 aromatic heterocycles. The molecule has 0 saturated carbocycles. The van der Waals surface area contributed by atoms with Gasteiger partial charge in [0.15, 0.2) is 0 Å². The van der Waals surface area contributed by atoms with E-state index in [9.17, 15) is 0 Å². The maximum Gasteiger partial charge on any atom is 0.125 e. The van der Waals surface area contributed by atoms with Crippen molar-refractivity contribution in [2.45, 2.75) is 13.0 Å². The Kier molecular flexibility index (Phi) is 2.67. The molecular weight excluding hydrogens is 172 g/mol. The molecule has 1 heterocycles. The first-order valence-electron chi connectivity index (χ1n) is 3.45. The normalized spacial score (nSPS) is 12.5. The molecule has 0 saturated heterocycles. The summed E-state index contributed by atoms with van der Waals surface area (Å²) in [5.74, 6) is 0.666. The van der Waals surface area contributed by atoms with E-state index >= 15 is 0 Å². The molecule has 0 aliphatic carbocycles. The number of thiocarbonyl (C=S) groups is 1. The molecule has 0 amide bonds. The summed E-state index contributed by atoms with van der Waals surface area (Å²) in [5.41, 5.74) is 11.7. The molecule has 4 N–H and O–H groups in total. The van der Waals surface area contributed by atoms with Gasteiger partial charge in [-0.15, -0.1) is 0 Å². The number of nitrogens with two attached hydrogens (primary N) is 2. The van der Waals surface area contributed by atoms with Crippen LogP contribution in [0.2, 0.25) is 0 Å². The van der Waals surface area contributed by atoms with E-state index in [-0.39, 0.29) is 4.99 Å². The van der Waals surface area contributed by atoms with Gasteiger partial charge in [-0.3, -0.25) is 0 Å². The fourth-order valence-electron chi connectivity index (χ4n) is 0.793. The smallest absolute Gasteiger partial charge is 0.125 e. The van der Waals surface area contributed by atoms with Crippen LogP contribution in [0.25, 0.3) is 0 Å². The van der Waals surface area contributed by atoms with Crippen molar-refractivity contribution in [3.63, 3.8) is 0 Å². The lowest BCUT2D eigenvalue weighted by Crippen LogP contribution is -2.27. The Hall–Kier alpha value is -1.07. The molecule has 12 heavy (non-hydrogen) atoms. The lowest BCUT2D eigenvalue weighted by atomic mass is 10.2. The molecule has 64 valence electrons. The molecule has 1 aromatic rings. The highest BCUT2D eigenvalue weighted by atomic mass is 32.1. The molecule has 1 atom stereocenters. The number of aromatic nitrogens is 2. The highest BCUT2D eigenvalue weighted by Crippen LogP contribution is 2.05. The lowest BCUT2D eigenvalue weighted by molar-refractivity contribution is 0.871. The van der Waals surface area contributed by atoms with Gasteiger partial charge in [-0.05, 0) is 13.0 Å². The highest BCUT2D eigenvalue weighted by molar-refractivity contribution is 7.80. The molecule has 4 nitrogen and oxygen atoms in total. The van der Waals surface area contributed by atoms with E-state index in [0.717, 1.165) is 0 Å². The fourth-order valence-corrected chi connectivity index (χ4v) is 0.914. The number of hydrogen-bond acceptors (Lipinski definition) is 4. The molecule has 0 radical (unpaired) electrons. The summed E-state index contributed by atoms with van der Waals surface area (Å²) >= 11 is 4.74. The third-order valence-electron chi connectivity index (χ3n) is 1.42. The van der Waals surface area contributed by atoms with Crippen LogP contribution >= 0.6 is 12.2 Å². The van der Waals surface area contributed by atoms with Gasteiger partial charge in [-0.2, -0.15) is 0 Å². The Morgan fingerprint density at radius 1 is 1.67 bits per heavy atom. The van der Waals surface area contributed by atoms with Crippen LogP contribution in [0.1, 0.15) is 17.6 Å². The monoisotopic (exact) mass is 182 g/mol. The Balaban J connectivity index is 2.95. The van der Waals surface area contributed by atoms with Gasteiger partial charge in [0.1, 0.15) is 5.82 Å². The van der Waals surface area contributed by atoms with Crippen LogP contribution in [0.4, 0.5) is 0 Å². The Morgan fingerprint density at radius 3 is 2.83 bits per heavy atom. The predicted molar refractivity (Wildman–Crippen MR) is 50.5 cm³/mol. The molecule has 5 heteroatoms. The number of hydrogen-bond donors (Lipinski definition) is 2. The van der Waals surface area contributed by atoms with E-state index in [1.54, 1.807) is 19.2 Å². The molecule has 0 aliphatic rings. The Labute approximate surface area is 76.0 Å². The second-order valence-corrected chi connectivity index (χ2v) is 2.88. The van der Waals surface area contributed by atoms with E-state index in [1.165, 1.54) is 0 Å². The average molecular weight is 182 g/mol. The van der Waals surface area contributed by atoms with Crippen molar-refractivity contribution in [1.29, 1.82) is 0 Å². The van der Waals surface area contributed by atoms with Gasteiger partial charge in [-0.25, -0.2) is 9.97 Å². The summed E-state index contributed by atoms with van der Waals surface area (Å²) in [6.07, 6.45) is 1.63. The van der Waals surface area contributed by atoms with E-state index in [4.69, 9.17) is 23.7 Å². The summed E-state index contributed by atoms with van der Waals surface area (Å²) in [4.78, 5) is 8.27. The average Bonchev–Trinajstić information content (AvgIpc) is 2.03. The summed E-state index contributed by atoms with van der Waals surface area (Å²) < 4.78 is 0. The summed E-state index contributed by atoms with van der Waals surface area (Å²) in [5, 5.41) is 0. The Bertz CT molecular complexity index is 299. The van der Waals surface area contributed by atoms with Gasteiger partial charge in [0, 0.05) is 6.20 Å². The zero-order valence-corrected chi connectivity index (χ0v) is 7.51. The SMILES string of the molecule is Cc1nccc(C(N)C(N)=S)n1. The second kappa shape index (κ2) is 3.55. The van der Waals surface area contributed by atoms with Crippen LogP contribution in [-0.4, -0.2) is 15.0 Å². The van der Waals surface area contributed by atoms with Crippen molar-refractivity contribution < 1.29 is 0 Å². The van der Waals surface area contributed by atoms with Crippen molar-refractivity contribution in [1.82, 2.24) is 9.97 Å². The van der Waals surface area contributed by atoms with Gasteiger partial charge in [-0.1, -0.05) is 12.2 Å². The predicted octanol–water partition coefficient (Wildman–Crippen LogP) is 0.0709. The maximum atomic E-state index is 5.65. The molecule has 0 aromatic carbocycles. The quantitative estimate of drug-likeness (QED) is 0.633. The minimum absolute atomic E-state index is 0.244. The van der Waals surface area contributed by atoms with Gasteiger partial charge in [0.25, 0.3) is 0 Å². The minimum atomic E-state index is -0.471. The maximum absolute atomic E-state index is 5.65. The van der Waals surface area contributed by atoms with Crippen LogP contribution in [0.5, 0.6) is 0 Å². The third-order valence-corrected chi connectivity index (χ3v) is 1.68. The van der Waals surface area contributed by atoms with Crippen LogP contribution in [0.15, 0.2) is 12.3 Å². The minimum Gasteiger partial charge on any atom is -0.392 e. The van der Waals surface area contributed by atoms with E-state index in [0.29, 0.717) is 11.5 Å². The topological polar surface area (TPSA) is 77.8 Å². The van der Waals surface area contributed by atoms with Gasteiger partial charge >= 0.3 is 0 Å². The first-order chi connectivity index (χ1) is 5.61. The van der Waals surface area contributed by atoms with E-state index < -0.39 is 6.04 Å². The summed E-state index contributed by atoms with van der Waals surface area (Å²) in [6, 6.07) is 1.23. The molecule has 0 spiro atoms. The van der Waals surface area contributed by atoms with Crippen molar-refractivity contribution in [3.05, 3.63) is 23.8 Å². The first-order valence-corrected chi connectivity index (χ1v) is 3.86. The Morgan fingerprint density at radius 2 is 2.33 bits per heavy atom. The summed E-state index contributed by atoms with van der Waals surface area (Å²) in [6.45, 7) is 1.79. The van der Waals surface area contributed by atoms with Crippen molar-refractivity contribution in [2.75, 3.05) is 0 Å². The lowest BCUT2D eigenvalue weighted by Gasteiger charge is -2.08. The highest BCUT2D eigenvalue weighted by Gasteiger charge is 2.09. The number of rotatable bonds is 2. The second-order valence-electron chi connectivity index (χ2n) is 2.41. The van der Waals surface area contributed by atoms with Crippen LogP contribution < -0.4 is 11.5 Å². The van der Waals surface area contributed by atoms with E-state index in [1.807, 2.05) is 0 Å². The van der Waals surface area contributed by atoms with Gasteiger partial charge in [0.05, 0.1) is 16.7 Å². The number of aryl methyl sites for hydroxylation is 1. The molecule has 1 rings (SSSR count). The molecule has 0 aliphatic heterocycles. The molecule has 0 fully saturated rings. The van der Waals surface area contributed by atoms with Crippen molar-refractivity contribution in [2.24, 2.45) is 11.5 Å². The third kappa shape index (κ3) is 1.96. The van der Waals surface area contributed by atoms with Gasteiger partial charge in [0.2, 0.25) is 0 Å². The van der Waals surface area contributed by atoms with E-state index in [2.05, 4.69) is 9.97 Å². The fraction of sp³-hybridized carbons (Fsp3) is 0.286. The standard InChI is InChI=1S/C7H10N4S/c1-4-10-3-2-5(11-4)6(8)7(9)12/h2-3,6H,8H2,1H3,(H2,9,12). The zero-order chi connectivity index (χ0) is 9.14. The van der Waals surface area contributed by atoms with Crippen molar-refractivity contribution in [3.8, 4) is 0 Å². The zero-order valence-electron chi connectivity index (χ0n) is 6.69. The van der Waals surface area contributed by atoms with Crippen LogP contribution in [-0.2, 0) is 0 Å². The number of nitrogens with zero attached hydrogens (tertiary/aromatic N) is 2. The van der Waals surface area contributed by atoms with Crippen LogP contribution in [0, 0.1) is 6.92 Å². The molecule has 1 unspecified atom stereocenters. The van der Waals surface area contributed by atoms with Crippen LogP contribution in [0.3, 0.4) is 0 Å². The van der Waals surface area contributed by atoms with Crippen molar-refractivity contribution >= 4 is 17.2 Å².